The van der Waals surface area contributed by atoms with Crippen molar-refractivity contribution in [3.8, 4) is 0 Å². The Bertz CT molecular complexity index is 343. The van der Waals surface area contributed by atoms with Crippen molar-refractivity contribution < 1.29 is 15.0 Å². The molecule has 4 nitrogen and oxygen atoms in total. The number of aliphatic carboxylic acids is 1. The molecule has 0 fully saturated rings. The molecule has 0 spiro atoms. The monoisotopic (exact) mass is 209 g/mol. The van der Waals surface area contributed by atoms with Gasteiger partial charge in [0.25, 0.3) is 0 Å². The fourth-order valence-corrected chi connectivity index (χ4v) is 1.41. The van der Waals surface area contributed by atoms with Crippen LogP contribution in [0.15, 0.2) is 18.2 Å². The average Bonchev–Trinajstić information content (AvgIpc) is 2.16. The Balaban J connectivity index is 2.69. The van der Waals surface area contributed by atoms with Crippen molar-refractivity contribution in [2.45, 2.75) is 26.6 Å². The van der Waals surface area contributed by atoms with E-state index >= 15 is 0 Å². The lowest BCUT2D eigenvalue weighted by Gasteiger charge is -2.12. The Labute approximate surface area is 88.6 Å². The lowest BCUT2D eigenvalue weighted by molar-refractivity contribution is -0.148. The van der Waals surface area contributed by atoms with E-state index in [4.69, 9.17) is 10.2 Å². The summed E-state index contributed by atoms with van der Waals surface area (Å²) in [6.45, 7) is 4.26. The van der Waals surface area contributed by atoms with E-state index in [1.54, 1.807) is 0 Å². The van der Waals surface area contributed by atoms with Gasteiger partial charge in [-0.25, -0.2) is 4.79 Å². The lowest BCUT2D eigenvalue weighted by Crippen LogP contribution is -2.36. The van der Waals surface area contributed by atoms with Crippen LogP contribution in [0.1, 0.15) is 16.7 Å². The van der Waals surface area contributed by atoms with E-state index in [-0.39, 0.29) is 0 Å². The number of nitrogens with one attached hydrogen (secondary N) is 1. The molecule has 4 heteroatoms. The van der Waals surface area contributed by atoms with Gasteiger partial charge < -0.3 is 10.2 Å². The molecule has 0 amide bonds. The third kappa shape index (κ3) is 3.04. The summed E-state index contributed by atoms with van der Waals surface area (Å²) in [5.41, 5.74) is 3.19. The Morgan fingerprint density at radius 2 is 1.93 bits per heavy atom. The molecule has 1 atom stereocenters. The van der Waals surface area contributed by atoms with Gasteiger partial charge in [-0.15, -0.1) is 0 Å². The molecular weight excluding hydrogens is 194 g/mol. The minimum Gasteiger partial charge on any atom is -0.478 e. The molecule has 1 aromatic carbocycles. The maximum atomic E-state index is 10.4. The predicted molar refractivity (Wildman–Crippen MR) is 56.4 cm³/mol. The van der Waals surface area contributed by atoms with E-state index < -0.39 is 12.2 Å². The number of carbonyl (C=O) groups is 1. The Kier molecular flexibility index (Phi) is 3.82. The third-order valence-corrected chi connectivity index (χ3v) is 2.35. The van der Waals surface area contributed by atoms with Gasteiger partial charge in [-0.1, -0.05) is 18.2 Å². The van der Waals surface area contributed by atoms with Crippen LogP contribution in [-0.4, -0.2) is 22.4 Å². The van der Waals surface area contributed by atoms with E-state index in [9.17, 15) is 4.79 Å². The van der Waals surface area contributed by atoms with Crippen LogP contribution < -0.4 is 5.32 Å². The van der Waals surface area contributed by atoms with Gasteiger partial charge in [-0.2, -0.15) is 0 Å². The van der Waals surface area contributed by atoms with Crippen LogP contribution in [-0.2, 0) is 11.3 Å². The average molecular weight is 209 g/mol. The molecule has 0 radical (unpaired) electrons. The Hall–Kier alpha value is -1.39. The normalized spacial score (nSPS) is 12.5. The molecule has 1 aromatic rings. The molecule has 0 aliphatic heterocycles. The van der Waals surface area contributed by atoms with Gasteiger partial charge in [0.05, 0.1) is 0 Å². The van der Waals surface area contributed by atoms with E-state index in [1.165, 1.54) is 0 Å². The molecule has 3 N–H and O–H groups in total. The van der Waals surface area contributed by atoms with Gasteiger partial charge in [-0.3, -0.25) is 5.32 Å². The minimum atomic E-state index is -1.51. The second-order valence-electron chi connectivity index (χ2n) is 3.49. The van der Waals surface area contributed by atoms with Crippen LogP contribution in [0.5, 0.6) is 0 Å². The predicted octanol–water partition coefficient (Wildman–Crippen LogP) is 0.796. The topological polar surface area (TPSA) is 69.6 Å². The van der Waals surface area contributed by atoms with Crippen LogP contribution in [0, 0.1) is 13.8 Å². The third-order valence-electron chi connectivity index (χ3n) is 2.35. The first-order valence-electron chi connectivity index (χ1n) is 4.71. The fourth-order valence-electron chi connectivity index (χ4n) is 1.41. The van der Waals surface area contributed by atoms with Gasteiger partial charge in [-0.05, 0) is 30.5 Å². The Morgan fingerprint density at radius 1 is 1.40 bits per heavy atom. The summed E-state index contributed by atoms with van der Waals surface area (Å²) in [4.78, 5) is 10.4. The number of hydrogen-bond donors (Lipinski definition) is 3. The highest BCUT2D eigenvalue weighted by atomic mass is 16.4. The number of benzene rings is 1. The highest BCUT2D eigenvalue weighted by Gasteiger charge is 2.12. The number of aryl methyl sites for hydroxylation is 2. The summed E-state index contributed by atoms with van der Waals surface area (Å²) < 4.78 is 0. The maximum Gasteiger partial charge on any atom is 0.347 e. The highest BCUT2D eigenvalue weighted by molar-refractivity contribution is 5.71. The first kappa shape index (κ1) is 11.7. The molecule has 0 aliphatic rings. The lowest BCUT2D eigenvalue weighted by atomic mass is 10.0. The van der Waals surface area contributed by atoms with Crippen molar-refractivity contribution in [2.24, 2.45) is 0 Å². The van der Waals surface area contributed by atoms with Crippen LogP contribution in [0.2, 0.25) is 0 Å². The van der Waals surface area contributed by atoms with Crippen molar-refractivity contribution >= 4 is 5.97 Å². The number of aliphatic hydroxyl groups is 1. The fraction of sp³-hybridized carbons (Fsp3) is 0.364. The van der Waals surface area contributed by atoms with Gasteiger partial charge in [0, 0.05) is 6.54 Å². The quantitative estimate of drug-likeness (QED) is 0.641. The smallest absolute Gasteiger partial charge is 0.347 e. The zero-order valence-electron chi connectivity index (χ0n) is 8.82. The van der Waals surface area contributed by atoms with Crippen LogP contribution in [0.3, 0.4) is 0 Å². The van der Waals surface area contributed by atoms with Crippen LogP contribution in [0.4, 0.5) is 0 Å². The zero-order valence-corrected chi connectivity index (χ0v) is 8.82. The number of carboxylic acids is 1. The summed E-state index contributed by atoms with van der Waals surface area (Å²) in [6.07, 6.45) is -1.51. The minimum absolute atomic E-state index is 0.353. The van der Waals surface area contributed by atoms with Crippen molar-refractivity contribution in [2.75, 3.05) is 0 Å². The summed E-state index contributed by atoms with van der Waals surface area (Å²) in [6, 6.07) is 5.86. The maximum absolute atomic E-state index is 10.4. The molecule has 1 rings (SSSR count). The van der Waals surface area contributed by atoms with Crippen LogP contribution in [0.25, 0.3) is 0 Å². The molecule has 0 saturated heterocycles. The molecule has 0 aliphatic carbocycles. The Morgan fingerprint density at radius 3 is 2.40 bits per heavy atom. The van der Waals surface area contributed by atoms with E-state index in [0.29, 0.717) is 6.54 Å². The molecule has 15 heavy (non-hydrogen) atoms. The second-order valence-corrected chi connectivity index (χ2v) is 3.49. The number of aliphatic hydroxyl groups excluding tert-OH is 1. The molecule has 0 aromatic heterocycles. The van der Waals surface area contributed by atoms with Crippen molar-refractivity contribution in [3.05, 3.63) is 34.9 Å². The molecule has 0 heterocycles. The summed E-state index contributed by atoms with van der Waals surface area (Å²) in [7, 11) is 0. The van der Waals surface area contributed by atoms with Gasteiger partial charge in [0.1, 0.15) is 0 Å². The number of hydrogen-bond acceptors (Lipinski definition) is 3. The van der Waals surface area contributed by atoms with Crippen molar-refractivity contribution in [3.63, 3.8) is 0 Å². The molecule has 82 valence electrons. The highest BCUT2D eigenvalue weighted by Crippen LogP contribution is 2.12. The van der Waals surface area contributed by atoms with E-state index in [2.05, 4.69) is 5.32 Å². The van der Waals surface area contributed by atoms with Crippen molar-refractivity contribution in [1.82, 2.24) is 5.32 Å². The van der Waals surface area contributed by atoms with Crippen LogP contribution >= 0.6 is 0 Å². The summed E-state index contributed by atoms with van der Waals surface area (Å²) >= 11 is 0. The second kappa shape index (κ2) is 4.91. The largest absolute Gasteiger partial charge is 0.478 e. The SMILES string of the molecule is Cc1cccc(C)c1CNC(O)C(=O)O. The van der Waals surface area contributed by atoms with Gasteiger partial charge >= 0.3 is 5.97 Å². The van der Waals surface area contributed by atoms with Gasteiger partial charge in [0.2, 0.25) is 6.23 Å². The van der Waals surface area contributed by atoms with Gasteiger partial charge in [0.15, 0.2) is 0 Å². The number of carboxylic acid groups (broad SMARTS) is 1. The molecular formula is C11H15NO3. The molecule has 1 unspecified atom stereocenters. The summed E-state index contributed by atoms with van der Waals surface area (Å²) in [5, 5.41) is 20.1. The molecule has 0 saturated carbocycles. The van der Waals surface area contributed by atoms with E-state index in [1.807, 2.05) is 32.0 Å². The molecule has 0 bridgehead atoms. The first-order valence-corrected chi connectivity index (χ1v) is 4.71. The first-order chi connectivity index (χ1) is 7.02. The summed E-state index contributed by atoms with van der Waals surface area (Å²) in [5.74, 6) is -1.26. The number of rotatable bonds is 4. The van der Waals surface area contributed by atoms with E-state index in [0.717, 1.165) is 16.7 Å². The van der Waals surface area contributed by atoms with Crippen molar-refractivity contribution in [1.29, 1.82) is 0 Å². The zero-order chi connectivity index (χ0) is 11.4. The standard InChI is InChI=1S/C11H15NO3/c1-7-4-3-5-8(2)9(7)6-12-10(13)11(14)15/h3-5,10,12-13H,6H2,1-2H3,(H,14,15).